The number of hydrogen-bond donors (Lipinski definition) is 3. The van der Waals surface area contributed by atoms with E-state index in [1.807, 2.05) is 24.3 Å². The minimum Gasteiger partial charge on any atom is -0.462 e. The summed E-state index contributed by atoms with van der Waals surface area (Å²) in [5.74, 6) is -2.33. The van der Waals surface area contributed by atoms with E-state index in [-0.39, 0.29) is 25.7 Å². The molecule has 0 heterocycles. The van der Waals surface area contributed by atoms with E-state index in [9.17, 15) is 43.2 Å². The normalized spacial score (nSPS) is 14.6. The third kappa shape index (κ3) is 75.2. The van der Waals surface area contributed by atoms with Crippen molar-refractivity contribution < 1.29 is 80.2 Å². The molecule has 0 bridgehead atoms. The molecule has 0 saturated heterocycles. The Hall–Kier alpha value is -5.06. The van der Waals surface area contributed by atoms with Gasteiger partial charge in [-0.05, 0) is 154 Å². The van der Waals surface area contributed by atoms with Gasteiger partial charge in [-0.3, -0.25) is 37.3 Å². The van der Waals surface area contributed by atoms with E-state index in [4.69, 9.17) is 37.0 Å². The zero-order chi connectivity index (χ0) is 76.0. The Morgan fingerprint density at radius 1 is 0.279 bits per heavy atom. The maximum absolute atomic E-state index is 13.1. The monoisotopic (exact) mass is 1500 g/mol. The largest absolute Gasteiger partial charge is 0.472 e. The Labute approximate surface area is 630 Å². The quantitative estimate of drug-likeness (QED) is 0.0169. The van der Waals surface area contributed by atoms with Gasteiger partial charge in [-0.2, -0.15) is 0 Å². The fourth-order valence-corrected chi connectivity index (χ4v) is 11.8. The molecule has 5 atom stereocenters. The second-order valence-corrected chi connectivity index (χ2v) is 29.1. The summed E-state index contributed by atoms with van der Waals surface area (Å²) in [7, 11) is -10.0. The van der Waals surface area contributed by atoms with Crippen molar-refractivity contribution in [1.29, 1.82) is 0 Å². The number of phosphoric acid groups is 2. The zero-order valence-electron chi connectivity index (χ0n) is 64.9. The van der Waals surface area contributed by atoms with Crippen LogP contribution in [-0.4, -0.2) is 96.7 Å². The molecule has 0 fully saturated rings. The standard InChI is InChI=1S/C85H142O17P2/c1-5-9-13-17-21-25-29-33-37-39-43-46-50-54-58-62-66-70-83(88)96-76-81(102-85(90)72-68-64-60-56-52-48-44-40-38-34-30-26-22-18-14-10-6-2)78-100-104(93,94)98-74-79(86)73-97-103(91,92)99-77-80(101-84(89)71-67-63-59-55-51-47-42-36-32-28-24-20-16-12-8-4)75-95-82(87)69-65-61-57-53-49-45-41-35-31-27-23-19-15-11-7-3/h9-10,13-14,21-22,25-26,33-38,41-44,46,48,54,56,58,60,79-81,86H,5-8,11-12,15-20,23-24,27-32,39-40,45,47,49-53,55,57,59,61-78H2,1-4H3,(H,91,92)(H,93,94)/b13-9-,14-10-,25-21-,26-22-,37-33-,38-34-,41-35-,42-36-,46-43-,48-44-,58-54-,60-56-. The smallest absolute Gasteiger partial charge is 0.462 e. The topological polar surface area (TPSA) is 237 Å². The summed E-state index contributed by atoms with van der Waals surface area (Å²) in [5, 5.41) is 10.6. The lowest BCUT2D eigenvalue weighted by Crippen LogP contribution is -2.30. The molecule has 0 aromatic heterocycles. The molecule has 0 aliphatic carbocycles. The average molecular weight is 1500 g/mol. The molecule has 0 saturated carbocycles. The van der Waals surface area contributed by atoms with Gasteiger partial charge in [0.25, 0.3) is 0 Å². The molecule has 0 rings (SSSR count). The molecule has 0 aliphatic heterocycles. The van der Waals surface area contributed by atoms with Gasteiger partial charge >= 0.3 is 39.5 Å². The first kappa shape index (κ1) is 98.9. The van der Waals surface area contributed by atoms with Gasteiger partial charge in [-0.25, -0.2) is 9.13 Å². The molecule has 0 radical (unpaired) electrons. The lowest BCUT2D eigenvalue weighted by molar-refractivity contribution is -0.161. The molecule has 104 heavy (non-hydrogen) atoms. The second kappa shape index (κ2) is 76.1. The Morgan fingerprint density at radius 2 is 0.510 bits per heavy atom. The summed E-state index contributed by atoms with van der Waals surface area (Å²) in [6.07, 6.45) is 87.0. The van der Waals surface area contributed by atoms with Crippen molar-refractivity contribution in [3.63, 3.8) is 0 Å². The van der Waals surface area contributed by atoms with Gasteiger partial charge < -0.3 is 33.8 Å². The SMILES string of the molecule is CC/C=C\C/C=C\C/C=C\C/C=C\C/C=C\CCCC(=O)OCC(COP(=O)(O)OCC(O)COP(=O)(O)OCC(COC(=O)CCCCCCC/C=C\CCCCCCCC)OC(=O)CCCCCCC/C=C\CCCCCCCC)OC(=O)CCC/C=C\C/C=C\C/C=C\C/C=C\C/C=C\CC. The second-order valence-electron chi connectivity index (χ2n) is 26.2. The van der Waals surface area contributed by atoms with Crippen LogP contribution in [0.25, 0.3) is 0 Å². The van der Waals surface area contributed by atoms with Gasteiger partial charge in [0.05, 0.1) is 26.4 Å². The van der Waals surface area contributed by atoms with E-state index >= 15 is 0 Å². The molecule has 19 heteroatoms. The summed E-state index contributed by atoms with van der Waals surface area (Å²) >= 11 is 0. The summed E-state index contributed by atoms with van der Waals surface area (Å²) in [4.78, 5) is 73.0. The molecule has 0 aliphatic rings. The average Bonchev–Trinajstić information content (AvgIpc) is 0.926. The number of phosphoric ester groups is 2. The highest BCUT2D eigenvalue weighted by Gasteiger charge is 2.30. The summed E-state index contributed by atoms with van der Waals surface area (Å²) in [5.41, 5.74) is 0. The van der Waals surface area contributed by atoms with Crippen LogP contribution in [0.15, 0.2) is 146 Å². The van der Waals surface area contributed by atoms with Crippen LogP contribution in [0.2, 0.25) is 0 Å². The fraction of sp³-hybridized carbons (Fsp3) is 0.671. The molecule has 0 aromatic rings. The maximum atomic E-state index is 13.1. The number of rotatable bonds is 74. The number of hydrogen-bond acceptors (Lipinski definition) is 15. The van der Waals surface area contributed by atoms with E-state index in [1.54, 1.807) is 0 Å². The Morgan fingerprint density at radius 3 is 0.827 bits per heavy atom. The van der Waals surface area contributed by atoms with Crippen LogP contribution >= 0.6 is 15.6 Å². The highest BCUT2D eigenvalue weighted by molar-refractivity contribution is 7.47. The number of aliphatic hydroxyl groups is 1. The first-order valence-electron chi connectivity index (χ1n) is 40.1. The minimum absolute atomic E-state index is 0.000400. The third-order valence-electron chi connectivity index (χ3n) is 16.3. The van der Waals surface area contributed by atoms with Gasteiger partial charge in [0, 0.05) is 25.7 Å². The predicted octanol–water partition coefficient (Wildman–Crippen LogP) is 23.4. The van der Waals surface area contributed by atoms with E-state index in [2.05, 4.69) is 149 Å². The highest BCUT2D eigenvalue weighted by atomic mass is 31.2. The Balaban J connectivity index is 5.49. The molecule has 0 aromatic carbocycles. The number of carbonyl (C=O) groups excluding carboxylic acids is 4. The number of carbonyl (C=O) groups is 4. The van der Waals surface area contributed by atoms with Gasteiger partial charge in [0.2, 0.25) is 0 Å². The molecule has 3 N–H and O–H groups in total. The minimum atomic E-state index is -5.01. The summed E-state index contributed by atoms with van der Waals surface area (Å²) in [6, 6.07) is 0. The van der Waals surface area contributed by atoms with Crippen molar-refractivity contribution in [2.45, 2.75) is 329 Å². The lowest BCUT2D eigenvalue weighted by atomic mass is 10.1. The first-order valence-corrected chi connectivity index (χ1v) is 43.1. The van der Waals surface area contributed by atoms with E-state index < -0.39 is 97.5 Å². The lowest BCUT2D eigenvalue weighted by Gasteiger charge is -2.21. The van der Waals surface area contributed by atoms with Crippen LogP contribution in [0.5, 0.6) is 0 Å². The van der Waals surface area contributed by atoms with Crippen LogP contribution in [-0.2, 0) is 65.4 Å². The van der Waals surface area contributed by atoms with Gasteiger partial charge in [-0.15, -0.1) is 0 Å². The molecular weight excluding hydrogens is 1350 g/mol. The molecule has 17 nitrogen and oxygen atoms in total. The van der Waals surface area contributed by atoms with Gasteiger partial charge in [0.15, 0.2) is 12.2 Å². The predicted molar refractivity (Wildman–Crippen MR) is 427 cm³/mol. The van der Waals surface area contributed by atoms with E-state index in [0.717, 1.165) is 141 Å². The van der Waals surface area contributed by atoms with Crippen molar-refractivity contribution in [1.82, 2.24) is 0 Å². The molecule has 594 valence electrons. The van der Waals surface area contributed by atoms with Crippen molar-refractivity contribution in [3.05, 3.63) is 146 Å². The van der Waals surface area contributed by atoms with Crippen molar-refractivity contribution in [3.8, 4) is 0 Å². The third-order valence-corrected chi connectivity index (χ3v) is 18.2. The number of esters is 4. The van der Waals surface area contributed by atoms with Crippen LogP contribution < -0.4 is 0 Å². The fourth-order valence-electron chi connectivity index (χ4n) is 10.2. The zero-order valence-corrected chi connectivity index (χ0v) is 66.7. The molecular formula is C85H142O17P2. The van der Waals surface area contributed by atoms with Crippen molar-refractivity contribution in [2.24, 2.45) is 0 Å². The van der Waals surface area contributed by atoms with E-state index in [0.29, 0.717) is 38.5 Å². The van der Waals surface area contributed by atoms with Gasteiger partial charge in [0.1, 0.15) is 19.3 Å². The number of allylic oxidation sites excluding steroid dienone is 24. The number of unbranched alkanes of at least 4 members (excludes halogenated alkanes) is 24. The molecule has 0 amide bonds. The molecule has 0 spiro atoms. The van der Waals surface area contributed by atoms with Crippen molar-refractivity contribution in [2.75, 3.05) is 39.6 Å². The highest BCUT2D eigenvalue weighted by Crippen LogP contribution is 2.45. The van der Waals surface area contributed by atoms with Crippen molar-refractivity contribution >= 4 is 39.5 Å². The first-order chi connectivity index (χ1) is 50.7. The van der Waals surface area contributed by atoms with Gasteiger partial charge in [-0.1, -0.05) is 276 Å². The van der Waals surface area contributed by atoms with E-state index in [1.165, 1.54) is 77.0 Å². The number of aliphatic hydroxyl groups excluding tert-OH is 1. The molecule has 5 unspecified atom stereocenters. The van der Waals surface area contributed by atoms with Crippen LogP contribution in [0.1, 0.15) is 310 Å². The Kier molecular flexibility index (Phi) is 72.4. The summed E-state index contributed by atoms with van der Waals surface area (Å²) in [6.45, 7) is 4.49. The van der Waals surface area contributed by atoms with Crippen LogP contribution in [0, 0.1) is 0 Å². The maximum Gasteiger partial charge on any atom is 0.472 e. The number of ether oxygens (including phenoxy) is 4. The van der Waals surface area contributed by atoms with Crippen LogP contribution in [0.3, 0.4) is 0 Å². The summed E-state index contributed by atoms with van der Waals surface area (Å²) < 4.78 is 68.5. The Bertz CT molecular complexity index is 2540. The van der Waals surface area contributed by atoms with Crippen LogP contribution in [0.4, 0.5) is 0 Å².